The van der Waals surface area contributed by atoms with Crippen LogP contribution in [0.15, 0.2) is 18.6 Å². The number of hydrogen-bond acceptors (Lipinski definition) is 4. The Morgan fingerprint density at radius 1 is 1.53 bits per heavy atom. The molecule has 1 saturated heterocycles. The molecular formula is C10H14N4O. The quantitative estimate of drug-likeness (QED) is 0.721. The van der Waals surface area contributed by atoms with Gasteiger partial charge in [0, 0.05) is 31.7 Å². The molecule has 1 aromatic rings. The average Bonchev–Trinajstić information content (AvgIpc) is 2.29. The van der Waals surface area contributed by atoms with Gasteiger partial charge >= 0.3 is 0 Å². The van der Waals surface area contributed by atoms with E-state index in [-0.39, 0.29) is 11.9 Å². The van der Waals surface area contributed by atoms with Gasteiger partial charge < -0.3 is 10.6 Å². The SMILES string of the molecule is O=C1NCCCC1NCc1cnccn1. The van der Waals surface area contributed by atoms with Crippen LogP contribution in [0, 0.1) is 0 Å². The van der Waals surface area contributed by atoms with Crippen LogP contribution in [0.25, 0.3) is 0 Å². The molecule has 0 aliphatic carbocycles. The highest BCUT2D eigenvalue weighted by Crippen LogP contribution is 2.03. The van der Waals surface area contributed by atoms with E-state index in [1.807, 2.05) is 0 Å². The summed E-state index contributed by atoms with van der Waals surface area (Å²) in [7, 11) is 0. The minimum absolute atomic E-state index is 0.0826. The van der Waals surface area contributed by atoms with Gasteiger partial charge in [0.15, 0.2) is 0 Å². The minimum Gasteiger partial charge on any atom is -0.355 e. The molecule has 1 aromatic heterocycles. The Balaban J connectivity index is 1.85. The van der Waals surface area contributed by atoms with E-state index in [0.717, 1.165) is 25.1 Å². The van der Waals surface area contributed by atoms with Crippen LogP contribution in [0.3, 0.4) is 0 Å². The highest BCUT2D eigenvalue weighted by atomic mass is 16.2. The van der Waals surface area contributed by atoms with Gasteiger partial charge in [0.2, 0.25) is 5.91 Å². The number of carbonyl (C=O) groups is 1. The van der Waals surface area contributed by atoms with Crippen molar-refractivity contribution in [1.29, 1.82) is 0 Å². The largest absolute Gasteiger partial charge is 0.355 e. The number of piperidine rings is 1. The number of carbonyl (C=O) groups excluding carboxylic acids is 1. The van der Waals surface area contributed by atoms with Crippen LogP contribution in [0.1, 0.15) is 18.5 Å². The molecule has 15 heavy (non-hydrogen) atoms. The third-order valence-electron chi connectivity index (χ3n) is 2.43. The first-order valence-corrected chi connectivity index (χ1v) is 5.12. The maximum Gasteiger partial charge on any atom is 0.237 e. The van der Waals surface area contributed by atoms with E-state index in [1.165, 1.54) is 0 Å². The van der Waals surface area contributed by atoms with Crippen molar-refractivity contribution in [3.05, 3.63) is 24.3 Å². The lowest BCUT2D eigenvalue weighted by atomic mass is 10.1. The van der Waals surface area contributed by atoms with Crippen molar-refractivity contribution in [2.45, 2.75) is 25.4 Å². The van der Waals surface area contributed by atoms with Gasteiger partial charge in [0.25, 0.3) is 0 Å². The van der Waals surface area contributed by atoms with Gasteiger partial charge in [-0.2, -0.15) is 0 Å². The first-order chi connectivity index (χ1) is 7.36. The summed E-state index contributed by atoms with van der Waals surface area (Å²) in [5, 5.41) is 6.00. The van der Waals surface area contributed by atoms with E-state index in [4.69, 9.17) is 0 Å². The van der Waals surface area contributed by atoms with Crippen LogP contribution in [-0.4, -0.2) is 28.5 Å². The molecule has 1 aliphatic rings. The van der Waals surface area contributed by atoms with E-state index in [1.54, 1.807) is 18.6 Å². The molecular weight excluding hydrogens is 192 g/mol. The van der Waals surface area contributed by atoms with Gasteiger partial charge in [0.05, 0.1) is 11.7 Å². The Hall–Kier alpha value is -1.49. The zero-order chi connectivity index (χ0) is 10.5. The molecule has 1 unspecified atom stereocenters. The van der Waals surface area contributed by atoms with Crippen LogP contribution in [0.5, 0.6) is 0 Å². The van der Waals surface area contributed by atoms with Gasteiger partial charge in [0.1, 0.15) is 0 Å². The van der Waals surface area contributed by atoms with Crippen molar-refractivity contribution >= 4 is 5.91 Å². The van der Waals surface area contributed by atoms with Crippen molar-refractivity contribution in [1.82, 2.24) is 20.6 Å². The summed E-state index contributed by atoms with van der Waals surface area (Å²) in [6, 6.07) is -0.0826. The van der Waals surface area contributed by atoms with Crippen molar-refractivity contribution in [3.8, 4) is 0 Å². The average molecular weight is 206 g/mol. The third-order valence-corrected chi connectivity index (χ3v) is 2.43. The predicted molar refractivity (Wildman–Crippen MR) is 54.9 cm³/mol. The molecule has 1 aliphatic heterocycles. The Labute approximate surface area is 88.3 Å². The molecule has 5 heteroatoms. The second-order valence-corrected chi connectivity index (χ2v) is 3.56. The first-order valence-electron chi connectivity index (χ1n) is 5.12. The van der Waals surface area contributed by atoms with Crippen LogP contribution in [0.4, 0.5) is 0 Å². The van der Waals surface area contributed by atoms with Crippen molar-refractivity contribution in [3.63, 3.8) is 0 Å². The zero-order valence-corrected chi connectivity index (χ0v) is 8.44. The molecule has 2 heterocycles. The summed E-state index contributed by atoms with van der Waals surface area (Å²) >= 11 is 0. The lowest BCUT2D eigenvalue weighted by molar-refractivity contribution is -0.124. The van der Waals surface area contributed by atoms with Crippen molar-refractivity contribution in [2.24, 2.45) is 0 Å². The summed E-state index contributed by atoms with van der Waals surface area (Å²) in [5.41, 5.74) is 0.857. The summed E-state index contributed by atoms with van der Waals surface area (Å²) in [5.74, 6) is 0.0881. The first kappa shape index (κ1) is 10.0. The number of rotatable bonds is 3. The van der Waals surface area contributed by atoms with E-state index < -0.39 is 0 Å². The highest BCUT2D eigenvalue weighted by Gasteiger charge is 2.20. The van der Waals surface area contributed by atoms with Gasteiger partial charge in [-0.05, 0) is 12.8 Å². The summed E-state index contributed by atoms with van der Waals surface area (Å²) in [6.45, 7) is 1.38. The molecule has 1 fully saturated rings. The van der Waals surface area contributed by atoms with Gasteiger partial charge in [-0.25, -0.2) is 0 Å². The molecule has 0 saturated carbocycles. The van der Waals surface area contributed by atoms with Crippen molar-refractivity contribution < 1.29 is 4.79 Å². The highest BCUT2D eigenvalue weighted by molar-refractivity contribution is 5.82. The standard InChI is InChI=1S/C10H14N4O/c15-10-9(2-1-3-13-10)14-7-8-6-11-4-5-12-8/h4-6,9,14H,1-3,7H2,(H,13,15). The van der Waals surface area contributed by atoms with Crippen LogP contribution < -0.4 is 10.6 Å². The Morgan fingerprint density at radius 3 is 3.20 bits per heavy atom. The second-order valence-electron chi connectivity index (χ2n) is 3.56. The molecule has 0 radical (unpaired) electrons. The van der Waals surface area contributed by atoms with E-state index in [9.17, 15) is 4.79 Å². The normalized spacial score (nSPS) is 21.1. The summed E-state index contributed by atoms with van der Waals surface area (Å²) < 4.78 is 0. The monoisotopic (exact) mass is 206 g/mol. The molecule has 0 spiro atoms. The predicted octanol–water partition coefficient (Wildman–Crippen LogP) is -0.155. The van der Waals surface area contributed by atoms with Gasteiger partial charge in [-0.1, -0.05) is 0 Å². The molecule has 1 atom stereocenters. The third kappa shape index (κ3) is 2.73. The summed E-state index contributed by atoms with van der Waals surface area (Å²) in [4.78, 5) is 19.5. The van der Waals surface area contributed by atoms with Gasteiger partial charge in [-0.3, -0.25) is 14.8 Å². The lowest BCUT2D eigenvalue weighted by Crippen LogP contribution is -2.48. The summed E-state index contributed by atoms with van der Waals surface area (Å²) in [6.07, 6.45) is 6.92. The molecule has 5 nitrogen and oxygen atoms in total. The maximum atomic E-state index is 11.4. The number of aromatic nitrogens is 2. The van der Waals surface area contributed by atoms with Crippen LogP contribution in [0.2, 0.25) is 0 Å². The lowest BCUT2D eigenvalue weighted by Gasteiger charge is -2.22. The molecule has 0 bridgehead atoms. The zero-order valence-electron chi connectivity index (χ0n) is 8.44. The molecule has 2 N–H and O–H groups in total. The molecule has 0 aromatic carbocycles. The number of amides is 1. The molecule has 1 amide bonds. The topological polar surface area (TPSA) is 66.9 Å². The number of nitrogens with zero attached hydrogens (tertiary/aromatic N) is 2. The number of hydrogen-bond donors (Lipinski definition) is 2. The van der Waals surface area contributed by atoms with Crippen LogP contribution in [-0.2, 0) is 11.3 Å². The fourth-order valence-corrected chi connectivity index (χ4v) is 1.62. The Bertz CT molecular complexity index is 327. The second kappa shape index (κ2) is 4.84. The Kier molecular flexibility index (Phi) is 3.24. The Morgan fingerprint density at radius 2 is 2.47 bits per heavy atom. The van der Waals surface area contributed by atoms with Gasteiger partial charge in [-0.15, -0.1) is 0 Å². The van der Waals surface area contributed by atoms with E-state index >= 15 is 0 Å². The maximum absolute atomic E-state index is 11.4. The fraction of sp³-hybridized carbons (Fsp3) is 0.500. The van der Waals surface area contributed by atoms with Crippen LogP contribution >= 0.6 is 0 Å². The van der Waals surface area contributed by atoms with Crippen molar-refractivity contribution in [2.75, 3.05) is 6.54 Å². The van der Waals surface area contributed by atoms with E-state index in [2.05, 4.69) is 20.6 Å². The number of nitrogens with one attached hydrogen (secondary N) is 2. The molecule has 80 valence electrons. The van der Waals surface area contributed by atoms with E-state index in [0.29, 0.717) is 6.54 Å². The molecule has 2 rings (SSSR count). The minimum atomic E-state index is -0.0826. The fourth-order valence-electron chi connectivity index (χ4n) is 1.62. The smallest absolute Gasteiger partial charge is 0.237 e.